The molecule has 1 atom stereocenters. The molecule has 2 aromatic rings. The number of halogens is 1. The molecule has 0 amide bonds. The maximum Gasteiger partial charge on any atom is 0.318 e. The first-order valence-electron chi connectivity index (χ1n) is 4.89. The Morgan fingerprint density at radius 2 is 2.29 bits per heavy atom. The van der Waals surface area contributed by atoms with E-state index < -0.39 is 0 Å². The topological polar surface area (TPSA) is 88.6 Å². The molecular formula is C9H11ClN6O. The Labute approximate surface area is 103 Å². The summed E-state index contributed by atoms with van der Waals surface area (Å²) >= 11 is 5.97. The lowest BCUT2D eigenvalue weighted by molar-refractivity contribution is 0.380. The number of hydrogen-bond donors (Lipinski definition) is 2. The highest BCUT2D eigenvalue weighted by atomic mass is 35.5. The highest BCUT2D eigenvalue weighted by Gasteiger charge is 2.12. The molecule has 0 aromatic carbocycles. The van der Waals surface area contributed by atoms with E-state index in [4.69, 9.17) is 16.3 Å². The number of H-pyrrole nitrogens is 1. The predicted octanol–water partition coefficient (Wildman–Crippen LogP) is 1.43. The highest BCUT2D eigenvalue weighted by molar-refractivity contribution is 6.32. The third kappa shape index (κ3) is 2.62. The number of methoxy groups -OCH3 is 1. The Hall–Kier alpha value is -1.89. The van der Waals surface area contributed by atoms with E-state index in [1.54, 1.807) is 0 Å². The molecule has 90 valence electrons. The van der Waals surface area contributed by atoms with Crippen LogP contribution in [0.25, 0.3) is 0 Å². The zero-order valence-electron chi connectivity index (χ0n) is 9.31. The molecule has 7 nitrogen and oxygen atoms in total. The Bertz CT molecular complexity index is 488. The van der Waals surface area contributed by atoms with Gasteiger partial charge < -0.3 is 10.1 Å². The molecule has 0 aliphatic heterocycles. The van der Waals surface area contributed by atoms with Gasteiger partial charge in [0.1, 0.15) is 17.2 Å². The van der Waals surface area contributed by atoms with Crippen LogP contribution in [0, 0.1) is 0 Å². The normalized spacial score (nSPS) is 12.2. The Morgan fingerprint density at radius 1 is 1.47 bits per heavy atom. The molecule has 2 N–H and O–H groups in total. The zero-order valence-corrected chi connectivity index (χ0v) is 10.1. The number of aromatic nitrogens is 5. The SMILES string of the molecule is COc1ncc(Cl)c(NC(C)c2ncn[nH]2)n1. The minimum atomic E-state index is -0.102. The maximum atomic E-state index is 5.97. The smallest absolute Gasteiger partial charge is 0.318 e. The van der Waals surface area contributed by atoms with Gasteiger partial charge in [0.15, 0.2) is 5.82 Å². The summed E-state index contributed by atoms with van der Waals surface area (Å²) in [6, 6.07) is 0.149. The first-order chi connectivity index (χ1) is 8.20. The van der Waals surface area contributed by atoms with Crippen LogP contribution in [0.15, 0.2) is 12.5 Å². The van der Waals surface area contributed by atoms with Gasteiger partial charge in [0.05, 0.1) is 19.3 Å². The van der Waals surface area contributed by atoms with Crippen LogP contribution >= 0.6 is 11.6 Å². The van der Waals surface area contributed by atoms with Crippen LogP contribution in [0.4, 0.5) is 5.82 Å². The van der Waals surface area contributed by atoms with E-state index >= 15 is 0 Å². The zero-order chi connectivity index (χ0) is 12.3. The van der Waals surface area contributed by atoms with Gasteiger partial charge >= 0.3 is 6.01 Å². The molecule has 1 unspecified atom stereocenters. The van der Waals surface area contributed by atoms with Crippen molar-refractivity contribution < 1.29 is 4.74 Å². The lowest BCUT2D eigenvalue weighted by Gasteiger charge is -2.12. The molecule has 8 heteroatoms. The van der Waals surface area contributed by atoms with Crippen LogP contribution in [-0.4, -0.2) is 32.3 Å². The molecule has 17 heavy (non-hydrogen) atoms. The fourth-order valence-electron chi connectivity index (χ4n) is 1.25. The minimum absolute atomic E-state index is 0.102. The number of nitrogens with zero attached hydrogens (tertiary/aromatic N) is 4. The molecule has 0 aliphatic carbocycles. The van der Waals surface area contributed by atoms with Gasteiger partial charge in [0.2, 0.25) is 0 Å². The monoisotopic (exact) mass is 254 g/mol. The second kappa shape index (κ2) is 4.96. The van der Waals surface area contributed by atoms with Crippen LogP contribution in [0.1, 0.15) is 18.8 Å². The van der Waals surface area contributed by atoms with E-state index in [1.807, 2.05) is 6.92 Å². The molecule has 0 aliphatic rings. The van der Waals surface area contributed by atoms with E-state index in [-0.39, 0.29) is 12.1 Å². The third-order valence-electron chi connectivity index (χ3n) is 2.10. The van der Waals surface area contributed by atoms with E-state index in [1.165, 1.54) is 19.6 Å². The van der Waals surface area contributed by atoms with Gasteiger partial charge in [-0.15, -0.1) is 0 Å². The van der Waals surface area contributed by atoms with Crippen molar-refractivity contribution >= 4 is 17.4 Å². The lowest BCUT2D eigenvalue weighted by Crippen LogP contribution is -2.10. The first-order valence-corrected chi connectivity index (χ1v) is 5.27. The van der Waals surface area contributed by atoms with Crippen LogP contribution in [0.3, 0.4) is 0 Å². The predicted molar refractivity (Wildman–Crippen MR) is 62.0 cm³/mol. The molecule has 0 fully saturated rings. The molecule has 2 heterocycles. The van der Waals surface area contributed by atoms with Gasteiger partial charge in [-0.1, -0.05) is 11.6 Å². The number of ether oxygens (including phenoxy) is 1. The highest BCUT2D eigenvalue weighted by Crippen LogP contribution is 2.23. The van der Waals surface area contributed by atoms with Gasteiger partial charge in [0, 0.05) is 0 Å². The number of aromatic amines is 1. The Balaban J connectivity index is 2.18. The standard InChI is InChI=1S/C9H11ClN6O/c1-5(7-12-4-13-16-7)14-8-6(10)3-11-9(15-8)17-2/h3-5H,1-2H3,(H,11,14,15)(H,12,13,16). The van der Waals surface area contributed by atoms with Crippen LogP contribution in [-0.2, 0) is 0 Å². The summed E-state index contributed by atoms with van der Waals surface area (Å²) in [7, 11) is 1.49. The molecule has 2 aromatic heterocycles. The van der Waals surface area contributed by atoms with E-state index in [9.17, 15) is 0 Å². The molecule has 0 saturated carbocycles. The number of hydrogen-bond acceptors (Lipinski definition) is 6. The minimum Gasteiger partial charge on any atom is -0.467 e. The fourth-order valence-corrected chi connectivity index (χ4v) is 1.39. The van der Waals surface area contributed by atoms with Gasteiger partial charge in [-0.3, -0.25) is 5.10 Å². The van der Waals surface area contributed by atoms with E-state index in [0.717, 1.165) is 0 Å². The van der Waals surface area contributed by atoms with Gasteiger partial charge in [0.25, 0.3) is 0 Å². The Morgan fingerprint density at radius 3 is 2.94 bits per heavy atom. The van der Waals surface area contributed by atoms with Crippen molar-refractivity contribution in [2.45, 2.75) is 13.0 Å². The Kier molecular flexibility index (Phi) is 3.38. The molecular weight excluding hydrogens is 244 g/mol. The van der Waals surface area contributed by atoms with E-state index in [2.05, 4.69) is 30.5 Å². The van der Waals surface area contributed by atoms with Crippen molar-refractivity contribution in [2.24, 2.45) is 0 Å². The number of rotatable bonds is 4. The molecule has 0 saturated heterocycles. The number of anilines is 1. The maximum absolute atomic E-state index is 5.97. The van der Waals surface area contributed by atoms with Crippen molar-refractivity contribution in [1.82, 2.24) is 25.1 Å². The quantitative estimate of drug-likeness (QED) is 0.858. The van der Waals surface area contributed by atoms with Crippen molar-refractivity contribution in [1.29, 1.82) is 0 Å². The summed E-state index contributed by atoms with van der Waals surface area (Å²) in [5.41, 5.74) is 0. The van der Waals surface area contributed by atoms with Crippen LogP contribution in [0.5, 0.6) is 6.01 Å². The molecule has 0 spiro atoms. The van der Waals surface area contributed by atoms with Crippen molar-refractivity contribution in [2.75, 3.05) is 12.4 Å². The van der Waals surface area contributed by atoms with Gasteiger partial charge in [-0.25, -0.2) is 9.97 Å². The van der Waals surface area contributed by atoms with E-state index in [0.29, 0.717) is 16.7 Å². The number of nitrogens with one attached hydrogen (secondary N) is 2. The van der Waals surface area contributed by atoms with Gasteiger partial charge in [-0.05, 0) is 6.92 Å². The summed E-state index contributed by atoms with van der Waals surface area (Å²) in [6.45, 7) is 1.91. The molecule has 2 rings (SSSR count). The van der Waals surface area contributed by atoms with Crippen molar-refractivity contribution in [3.05, 3.63) is 23.4 Å². The first kappa shape index (κ1) is 11.6. The summed E-state index contributed by atoms with van der Waals surface area (Å²) in [5, 5.41) is 10.0. The van der Waals surface area contributed by atoms with Crippen molar-refractivity contribution in [3.8, 4) is 6.01 Å². The summed E-state index contributed by atoms with van der Waals surface area (Å²) in [6.07, 6.45) is 2.92. The summed E-state index contributed by atoms with van der Waals surface area (Å²) in [5.74, 6) is 1.18. The molecule has 0 bridgehead atoms. The second-order valence-electron chi connectivity index (χ2n) is 3.29. The summed E-state index contributed by atoms with van der Waals surface area (Å²) < 4.78 is 4.93. The van der Waals surface area contributed by atoms with Gasteiger partial charge in [-0.2, -0.15) is 10.1 Å². The van der Waals surface area contributed by atoms with Crippen molar-refractivity contribution in [3.63, 3.8) is 0 Å². The summed E-state index contributed by atoms with van der Waals surface area (Å²) in [4.78, 5) is 12.0. The lowest BCUT2D eigenvalue weighted by atomic mass is 10.3. The fraction of sp³-hybridized carbons (Fsp3) is 0.333. The average Bonchev–Trinajstić information content (AvgIpc) is 2.85. The largest absolute Gasteiger partial charge is 0.467 e. The van der Waals surface area contributed by atoms with Crippen LogP contribution < -0.4 is 10.1 Å². The second-order valence-corrected chi connectivity index (χ2v) is 3.70. The average molecular weight is 255 g/mol. The molecule has 0 radical (unpaired) electrons. The third-order valence-corrected chi connectivity index (χ3v) is 2.38. The van der Waals surface area contributed by atoms with Crippen LogP contribution in [0.2, 0.25) is 5.02 Å².